The molecule has 0 bridgehead atoms. The average Bonchev–Trinajstić information content (AvgIpc) is 2.87. The van der Waals surface area contributed by atoms with Crippen molar-refractivity contribution in [2.45, 2.75) is 58.2 Å². The molecule has 1 N–H and O–H groups in total. The van der Waals surface area contributed by atoms with Crippen LogP contribution in [0.4, 0.5) is 5.69 Å². The fourth-order valence-corrected chi connectivity index (χ4v) is 5.83. The van der Waals surface area contributed by atoms with Gasteiger partial charge in [-0.1, -0.05) is 71.7 Å². The van der Waals surface area contributed by atoms with Gasteiger partial charge in [0.1, 0.15) is 6.04 Å². The minimum atomic E-state index is -3.63. The van der Waals surface area contributed by atoms with Crippen LogP contribution in [-0.4, -0.2) is 49.5 Å². The summed E-state index contributed by atoms with van der Waals surface area (Å²) < 4.78 is 26.4. The van der Waals surface area contributed by atoms with E-state index in [1.54, 1.807) is 47.4 Å². The van der Waals surface area contributed by atoms with Gasteiger partial charge < -0.3 is 10.2 Å². The van der Waals surface area contributed by atoms with Crippen LogP contribution in [0.2, 0.25) is 10.0 Å². The standard InChI is InChI=1S/C31H37Cl2N3O4S/c1-31(2,3)34-30(38)28(20-23-11-6-5-7-12-23)35(22-24-13-8-14-25(32)19-24)29(37)17-10-18-36(41(4,39)40)27-16-9-15-26(33)21-27/h5-9,11-16,19,21,28H,10,17-18,20,22H2,1-4H3,(H,34,38). The summed E-state index contributed by atoms with van der Waals surface area (Å²) in [5.74, 6) is -0.539. The summed E-state index contributed by atoms with van der Waals surface area (Å²) in [6.07, 6.45) is 1.70. The lowest BCUT2D eigenvalue weighted by Gasteiger charge is -2.34. The van der Waals surface area contributed by atoms with Crippen molar-refractivity contribution in [1.29, 1.82) is 0 Å². The fraction of sp³-hybridized carbons (Fsp3) is 0.355. The van der Waals surface area contributed by atoms with Gasteiger partial charge in [0.25, 0.3) is 0 Å². The van der Waals surface area contributed by atoms with Crippen molar-refractivity contribution in [3.05, 3.63) is 100 Å². The quantitative estimate of drug-likeness (QED) is 0.266. The van der Waals surface area contributed by atoms with E-state index < -0.39 is 21.6 Å². The highest BCUT2D eigenvalue weighted by Crippen LogP contribution is 2.23. The number of hydrogen-bond acceptors (Lipinski definition) is 4. The topological polar surface area (TPSA) is 86.8 Å². The van der Waals surface area contributed by atoms with Crippen LogP contribution in [-0.2, 0) is 32.6 Å². The monoisotopic (exact) mass is 617 g/mol. The van der Waals surface area contributed by atoms with Crippen LogP contribution in [0.3, 0.4) is 0 Å². The Balaban J connectivity index is 1.90. The van der Waals surface area contributed by atoms with Crippen LogP contribution < -0.4 is 9.62 Å². The molecule has 10 heteroatoms. The summed E-state index contributed by atoms with van der Waals surface area (Å²) in [7, 11) is -3.63. The molecule has 0 heterocycles. The number of rotatable bonds is 12. The molecule has 0 radical (unpaired) electrons. The highest BCUT2D eigenvalue weighted by molar-refractivity contribution is 7.92. The molecule has 0 aromatic heterocycles. The number of sulfonamides is 1. The third kappa shape index (κ3) is 10.4. The molecule has 3 aromatic carbocycles. The Morgan fingerprint density at radius 1 is 0.878 bits per heavy atom. The predicted octanol–water partition coefficient (Wildman–Crippen LogP) is 6.09. The molecule has 3 aromatic rings. The first kappa shape index (κ1) is 32.4. The SMILES string of the molecule is CC(C)(C)NC(=O)C(Cc1ccccc1)N(Cc1cccc(Cl)c1)C(=O)CCCN(c1cccc(Cl)c1)S(C)(=O)=O. The zero-order valence-corrected chi connectivity index (χ0v) is 26.1. The maximum atomic E-state index is 13.9. The van der Waals surface area contributed by atoms with E-state index in [0.717, 1.165) is 17.4 Å². The van der Waals surface area contributed by atoms with E-state index in [1.165, 1.54) is 4.31 Å². The van der Waals surface area contributed by atoms with Crippen LogP contribution in [0.25, 0.3) is 0 Å². The Bertz CT molecular complexity index is 1440. The van der Waals surface area contributed by atoms with Gasteiger partial charge in [0.05, 0.1) is 11.9 Å². The van der Waals surface area contributed by atoms with Crippen LogP contribution in [0, 0.1) is 0 Å². The van der Waals surface area contributed by atoms with Gasteiger partial charge in [-0.05, 0) is 68.7 Å². The number of carbonyl (C=O) groups is 2. The van der Waals surface area contributed by atoms with Crippen LogP contribution in [0.1, 0.15) is 44.7 Å². The van der Waals surface area contributed by atoms with Gasteiger partial charge in [0, 0.05) is 41.5 Å². The van der Waals surface area contributed by atoms with Gasteiger partial charge in [-0.15, -0.1) is 0 Å². The normalized spacial score (nSPS) is 12.4. The number of carbonyl (C=O) groups excluding carboxylic acids is 2. The molecule has 0 aliphatic heterocycles. The smallest absolute Gasteiger partial charge is 0.243 e. The maximum absolute atomic E-state index is 13.9. The molecule has 1 atom stereocenters. The maximum Gasteiger partial charge on any atom is 0.243 e. The number of hydrogen-bond donors (Lipinski definition) is 1. The van der Waals surface area contributed by atoms with E-state index in [4.69, 9.17) is 23.2 Å². The number of nitrogens with zero attached hydrogens (tertiary/aromatic N) is 2. The zero-order chi connectivity index (χ0) is 30.2. The van der Waals surface area contributed by atoms with Gasteiger partial charge in [0.15, 0.2) is 0 Å². The first-order valence-corrected chi connectivity index (χ1v) is 16.0. The van der Waals surface area contributed by atoms with Gasteiger partial charge in [-0.3, -0.25) is 13.9 Å². The molecule has 3 rings (SSSR count). The molecule has 41 heavy (non-hydrogen) atoms. The first-order valence-electron chi connectivity index (χ1n) is 13.4. The third-order valence-electron chi connectivity index (χ3n) is 6.26. The molecule has 1 unspecified atom stereocenters. The number of nitrogens with one attached hydrogen (secondary N) is 1. The number of amides is 2. The summed E-state index contributed by atoms with van der Waals surface area (Å²) >= 11 is 12.3. The van der Waals surface area contributed by atoms with Gasteiger partial charge in [0.2, 0.25) is 21.8 Å². The van der Waals surface area contributed by atoms with Crippen LogP contribution >= 0.6 is 23.2 Å². The summed E-state index contributed by atoms with van der Waals surface area (Å²) in [6.45, 7) is 5.92. The molecular formula is C31H37Cl2N3O4S. The molecule has 0 fully saturated rings. The Hall–Kier alpha value is -3.07. The third-order valence-corrected chi connectivity index (χ3v) is 7.92. The summed E-state index contributed by atoms with van der Waals surface area (Å²) in [4.78, 5) is 29.1. The molecule has 7 nitrogen and oxygen atoms in total. The molecule has 0 spiro atoms. The lowest BCUT2D eigenvalue weighted by molar-refractivity contribution is -0.142. The number of benzene rings is 3. The van der Waals surface area contributed by atoms with E-state index in [0.29, 0.717) is 22.2 Å². The second kappa shape index (κ2) is 14.2. The fourth-order valence-electron chi connectivity index (χ4n) is 4.47. The van der Waals surface area contributed by atoms with E-state index in [1.807, 2.05) is 57.2 Å². The van der Waals surface area contributed by atoms with Crippen molar-refractivity contribution >= 4 is 50.7 Å². The van der Waals surface area contributed by atoms with E-state index in [9.17, 15) is 18.0 Å². The van der Waals surface area contributed by atoms with Gasteiger partial charge in [-0.2, -0.15) is 0 Å². The predicted molar refractivity (Wildman–Crippen MR) is 167 cm³/mol. The average molecular weight is 619 g/mol. The summed E-state index contributed by atoms with van der Waals surface area (Å²) in [6, 6.07) is 22.5. The first-order chi connectivity index (χ1) is 19.2. The van der Waals surface area contributed by atoms with Crippen LogP contribution in [0.5, 0.6) is 0 Å². The van der Waals surface area contributed by atoms with Gasteiger partial charge >= 0.3 is 0 Å². The van der Waals surface area contributed by atoms with Crippen molar-refractivity contribution in [2.24, 2.45) is 0 Å². The highest BCUT2D eigenvalue weighted by atomic mass is 35.5. The van der Waals surface area contributed by atoms with Crippen molar-refractivity contribution in [3.8, 4) is 0 Å². The Morgan fingerprint density at radius 3 is 2.07 bits per heavy atom. The molecular weight excluding hydrogens is 581 g/mol. The van der Waals surface area contributed by atoms with E-state index in [2.05, 4.69) is 5.32 Å². The second-order valence-corrected chi connectivity index (χ2v) is 13.8. The Labute approximate surface area is 253 Å². The Kier molecular flexibility index (Phi) is 11.2. The van der Waals surface area contributed by atoms with Crippen molar-refractivity contribution in [3.63, 3.8) is 0 Å². The second-order valence-electron chi connectivity index (χ2n) is 11.0. The molecule has 0 aliphatic rings. The minimum absolute atomic E-state index is 0.0290. The molecule has 0 aliphatic carbocycles. The van der Waals surface area contributed by atoms with Gasteiger partial charge in [-0.25, -0.2) is 8.42 Å². The largest absolute Gasteiger partial charge is 0.350 e. The van der Waals surface area contributed by atoms with E-state index in [-0.39, 0.29) is 37.7 Å². The number of halogens is 2. The Morgan fingerprint density at radius 2 is 1.49 bits per heavy atom. The molecule has 0 saturated carbocycles. The van der Waals surface area contributed by atoms with Crippen LogP contribution in [0.15, 0.2) is 78.9 Å². The zero-order valence-electron chi connectivity index (χ0n) is 23.8. The highest BCUT2D eigenvalue weighted by Gasteiger charge is 2.32. The molecule has 0 saturated heterocycles. The summed E-state index contributed by atoms with van der Waals surface area (Å²) in [5, 5.41) is 3.97. The lowest BCUT2D eigenvalue weighted by atomic mass is 10.00. The van der Waals surface area contributed by atoms with Crippen molar-refractivity contribution in [1.82, 2.24) is 10.2 Å². The number of anilines is 1. The van der Waals surface area contributed by atoms with Crippen molar-refractivity contribution in [2.75, 3.05) is 17.1 Å². The van der Waals surface area contributed by atoms with Crippen molar-refractivity contribution < 1.29 is 18.0 Å². The van der Waals surface area contributed by atoms with E-state index >= 15 is 0 Å². The summed E-state index contributed by atoms with van der Waals surface area (Å²) in [5.41, 5.74) is 1.61. The minimum Gasteiger partial charge on any atom is -0.350 e. The lowest BCUT2D eigenvalue weighted by Crippen LogP contribution is -2.54. The molecule has 2 amide bonds. The molecule has 220 valence electrons.